The summed E-state index contributed by atoms with van der Waals surface area (Å²) in [5.74, 6) is 0.653. The molecule has 0 aliphatic rings. The average molecular weight is 309 g/mol. The van der Waals surface area contributed by atoms with E-state index in [4.69, 9.17) is 4.74 Å². The van der Waals surface area contributed by atoms with Crippen molar-refractivity contribution in [3.8, 4) is 5.75 Å². The van der Waals surface area contributed by atoms with Crippen LogP contribution in [0.15, 0.2) is 61.2 Å². The Balaban J connectivity index is 2.04. The van der Waals surface area contributed by atoms with Gasteiger partial charge in [0, 0.05) is 5.56 Å². The Bertz CT molecular complexity index is 644. The lowest BCUT2D eigenvalue weighted by atomic mass is 10.0. The first-order valence-corrected chi connectivity index (χ1v) is 7.85. The number of nitrogens with one attached hydrogen (secondary N) is 1. The maximum absolute atomic E-state index is 12.4. The smallest absolute Gasteiger partial charge is 0.251 e. The summed E-state index contributed by atoms with van der Waals surface area (Å²) in [7, 11) is 0. The Labute approximate surface area is 138 Å². The lowest BCUT2D eigenvalue weighted by Gasteiger charge is -2.18. The molecule has 23 heavy (non-hydrogen) atoms. The summed E-state index contributed by atoms with van der Waals surface area (Å²) < 4.78 is 5.42. The summed E-state index contributed by atoms with van der Waals surface area (Å²) in [5.41, 5.74) is 2.96. The van der Waals surface area contributed by atoms with Gasteiger partial charge in [0.25, 0.3) is 5.91 Å². The van der Waals surface area contributed by atoms with Crippen LogP contribution in [-0.4, -0.2) is 12.5 Å². The summed E-state index contributed by atoms with van der Waals surface area (Å²) in [4.78, 5) is 12.4. The number of rotatable bonds is 7. The third-order valence-corrected chi connectivity index (χ3v) is 3.68. The first-order valence-electron chi connectivity index (χ1n) is 7.85. The van der Waals surface area contributed by atoms with Gasteiger partial charge in [0.15, 0.2) is 0 Å². The third kappa shape index (κ3) is 4.71. The predicted molar refractivity (Wildman–Crippen MR) is 93.8 cm³/mol. The van der Waals surface area contributed by atoms with Crippen LogP contribution in [0.25, 0.3) is 0 Å². The van der Waals surface area contributed by atoms with Crippen molar-refractivity contribution in [2.24, 2.45) is 0 Å². The largest absolute Gasteiger partial charge is 0.490 e. The normalized spacial score (nSPS) is 11.6. The highest BCUT2D eigenvalue weighted by Crippen LogP contribution is 2.19. The third-order valence-electron chi connectivity index (χ3n) is 3.68. The second-order valence-electron chi connectivity index (χ2n) is 5.47. The molecule has 1 atom stereocenters. The van der Waals surface area contributed by atoms with Crippen LogP contribution >= 0.6 is 0 Å². The first-order chi connectivity index (χ1) is 11.1. The summed E-state index contributed by atoms with van der Waals surface area (Å²) in [5, 5.41) is 3.09. The van der Waals surface area contributed by atoms with Crippen molar-refractivity contribution >= 4 is 5.91 Å². The van der Waals surface area contributed by atoms with E-state index in [0.29, 0.717) is 12.2 Å². The molecule has 0 bridgehead atoms. The first kappa shape index (κ1) is 16.8. The molecule has 2 aromatic rings. The number of benzene rings is 2. The van der Waals surface area contributed by atoms with Crippen molar-refractivity contribution in [3.05, 3.63) is 77.9 Å². The highest BCUT2D eigenvalue weighted by atomic mass is 16.5. The van der Waals surface area contributed by atoms with Gasteiger partial charge in [-0.15, -0.1) is 0 Å². The summed E-state index contributed by atoms with van der Waals surface area (Å²) in [6, 6.07) is 15.4. The maximum Gasteiger partial charge on any atom is 0.251 e. The molecule has 120 valence electrons. The van der Waals surface area contributed by atoms with E-state index in [1.165, 1.54) is 5.56 Å². The standard InChI is InChI=1S/C20H23NO2/c1-4-14-23-18-12-10-17(11-13-18)20(22)21-19(5-2)16-8-6-15(3)7-9-16/h4,6-13,19H,1,5,14H2,2-3H3,(H,21,22). The second-order valence-corrected chi connectivity index (χ2v) is 5.47. The fourth-order valence-corrected chi connectivity index (χ4v) is 2.32. The molecule has 0 fully saturated rings. The minimum Gasteiger partial charge on any atom is -0.490 e. The van der Waals surface area contributed by atoms with E-state index in [-0.39, 0.29) is 11.9 Å². The van der Waals surface area contributed by atoms with E-state index in [1.54, 1.807) is 30.3 Å². The molecular weight excluding hydrogens is 286 g/mol. The van der Waals surface area contributed by atoms with E-state index in [0.717, 1.165) is 17.7 Å². The van der Waals surface area contributed by atoms with Gasteiger partial charge in [-0.05, 0) is 43.2 Å². The summed E-state index contributed by atoms with van der Waals surface area (Å²) in [6.45, 7) is 8.19. The molecule has 1 unspecified atom stereocenters. The van der Waals surface area contributed by atoms with Gasteiger partial charge in [-0.2, -0.15) is 0 Å². The molecule has 2 aromatic carbocycles. The Morgan fingerprint density at radius 3 is 2.39 bits per heavy atom. The number of ether oxygens (including phenoxy) is 1. The van der Waals surface area contributed by atoms with Crippen molar-refractivity contribution in [1.82, 2.24) is 5.32 Å². The molecule has 0 saturated carbocycles. The van der Waals surface area contributed by atoms with E-state index in [2.05, 4.69) is 50.0 Å². The quantitative estimate of drug-likeness (QED) is 0.768. The van der Waals surface area contributed by atoms with E-state index >= 15 is 0 Å². The van der Waals surface area contributed by atoms with Gasteiger partial charge in [-0.1, -0.05) is 49.4 Å². The van der Waals surface area contributed by atoms with Crippen LogP contribution in [0.5, 0.6) is 5.75 Å². The number of carbonyl (C=O) groups is 1. The van der Waals surface area contributed by atoms with Crippen molar-refractivity contribution in [2.45, 2.75) is 26.3 Å². The van der Waals surface area contributed by atoms with E-state index < -0.39 is 0 Å². The highest BCUT2D eigenvalue weighted by molar-refractivity contribution is 5.94. The predicted octanol–water partition coefficient (Wildman–Crippen LogP) is 4.44. The lowest BCUT2D eigenvalue weighted by Crippen LogP contribution is -2.28. The summed E-state index contributed by atoms with van der Waals surface area (Å²) in [6.07, 6.45) is 2.53. The second kappa shape index (κ2) is 8.18. The number of hydrogen-bond donors (Lipinski definition) is 1. The highest BCUT2D eigenvalue weighted by Gasteiger charge is 2.14. The Morgan fingerprint density at radius 2 is 1.83 bits per heavy atom. The van der Waals surface area contributed by atoms with E-state index in [9.17, 15) is 4.79 Å². The lowest BCUT2D eigenvalue weighted by molar-refractivity contribution is 0.0935. The Hall–Kier alpha value is -2.55. The molecule has 3 nitrogen and oxygen atoms in total. The van der Waals surface area contributed by atoms with Crippen LogP contribution in [0.1, 0.15) is 40.9 Å². The van der Waals surface area contributed by atoms with Gasteiger partial charge in [0.1, 0.15) is 12.4 Å². The van der Waals surface area contributed by atoms with Gasteiger partial charge in [-0.25, -0.2) is 0 Å². The Morgan fingerprint density at radius 1 is 1.17 bits per heavy atom. The minimum atomic E-state index is -0.0762. The SMILES string of the molecule is C=CCOc1ccc(C(=O)NC(CC)c2ccc(C)cc2)cc1. The molecule has 0 heterocycles. The molecule has 0 aliphatic heterocycles. The van der Waals surface area contributed by atoms with Crippen LogP contribution in [0.2, 0.25) is 0 Å². The fourth-order valence-electron chi connectivity index (χ4n) is 2.32. The zero-order valence-electron chi connectivity index (χ0n) is 13.7. The van der Waals surface area contributed by atoms with Crippen molar-refractivity contribution in [3.63, 3.8) is 0 Å². The summed E-state index contributed by atoms with van der Waals surface area (Å²) >= 11 is 0. The zero-order chi connectivity index (χ0) is 16.7. The number of hydrogen-bond acceptors (Lipinski definition) is 2. The van der Waals surface area contributed by atoms with Crippen molar-refractivity contribution < 1.29 is 9.53 Å². The number of amides is 1. The van der Waals surface area contributed by atoms with Gasteiger partial charge < -0.3 is 10.1 Å². The van der Waals surface area contributed by atoms with Crippen LogP contribution in [-0.2, 0) is 0 Å². The van der Waals surface area contributed by atoms with Crippen LogP contribution in [0, 0.1) is 6.92 Å². The molecule has 0 aliphatic carbocycles. The van der Waals surface area contributed by atoms with Gasteiger partial charge >= 0.3 is 0 Å². The molecule has 1 amide bonds. The zero-order valence-corrected chi connectivity index (χ0v) is 13.7. The fraction of sp³-hybridized carbons (Fsp3) is 0.250. The molecular formula is C20H23NO2. The minimum absolute atomic E-state index is 0.0137. The number of aryl methyl sites for hydroxylation is 1. The van der Waals surface area contributed by atoms with Gasteiger partial charge in [-0.3, -0.25) is 4.79 Å². The molecule has 0 saturated heterocycles. The topological polar surface area (TPSA) is 38.3 Å². The monoisotopic (exact) mass is 309 g/mol. The molecule has 3 heteroatoms. The maximum atomic E-state index is 12.4. The van der Waals surface area contributed by atoms with E-state index in [1.807, 2.05) is 0 Å². The van der Waals surface area contributed by atoms with Crippen LogP contribution in [0.4, 0.5) is 0 Å². The van der Waals surface area contributed by atoms with Crippen molar-refractivity contribution in [2.75, 3.05) is 6.61 Å². The molecule has 0 radical (unpaired) electrons. The van der Waals surface area contributed by atoms with Crippen LogP contribution in [0.3, 0.4) is 0 Å². The van der Waals surface area contributed by atoms with Gasteiger partial charge in [0.05, 0.1) is 6.04 Å². The Kier molecular flexibility index (Phi) is 5.98. The molecule has 0 aromatic heterocycles. The molecule has 0 spiro atoms. The van der Waals surface area contributed by atoms with Gasteiger partial charge in [0.2, 0.25) is 0 Å². The van der Waals surface area contributed by atoms with Crippen LogP contribution < -0.4 is 10.1 Å². The average Bonchev–Trinajstić information content (AvgIpc) is 2.59. The molecule has 1 N–H and O–H groups in total. The number of carbonyl (C=O) groups excluding carboxylic acids is 1. The van der Waals surface area contributed by atoms with Crippen molar-refractivity contribution in [1.29, 1.82) is 0 Å². The molecule has 2 rings (SSSR count).